The van der Waals surface area contributed by atoms with E-state index >= 15 is 0 Å². The van der Waals surface area contributed by atoms with Gasteiger partial charge >= 0.3 is 0 Å². The molecule has 0 aromatic heterocycles. The first-order chi connectivity index (χ1) is 10.9. The van der Waals surface area contributed by atoms with Crippen LogP contribution in [0.5, 0.6) is 0 Å². The number of hydrogen-bond acceptors (Lipinski definition) is 2. The van der Waals surface area contributed by atoms with Crippen LogP contribution in [0.1, 0.15) is 63.4 Å². The lowest BCUT2D eigenvalue weighted by molar-refractivity contribution is 0.233. The number of piperidine rings is 1. The van der Waals surface area contributed by atoms with E-state index in [1.54, 1.807) is 5.56 Å². The number of benzene rings is 1. The summed E-state index contributed by atoms with van der Waals surface area (Å²) in [5.41, 5.74) is 2.97. The van der Waals surface area contributed by atoms with Gasteiger partial charge in [-0.25, -0.2) is 0 Å². The van der Waals surface area contributed by atoms with Crippen molar-refractivity contribution in [3.05, 3.63) is 29.8 Å². The van der Waals surface area contributed by atoms with Crippen molar-refractivity contribution in [2.75, 3.05) is 37.6 Å². The van der Waals surface area contributed by atoms with E-state index in [2.05, 4.69) is 41.0 Å². The highest BCUT2D eigenvalue weighted by molar-refractivity contribution is 5.85. The lowest BCUT2D eigenvalue weighted by atomic mass is 9.97. The Bertz CT molecular complexity index is 437. The Labute approximate surface area is 160 Å². The first kappa shape index (κ1) is 21.6. The zero-order valence-electron chi connectivity index (χ0n) is 15.1. The van der Waals surface area contributed by atoms with Crippen LogP contribution in [-0.2, 0) is 0 Å². The van der Waals surface area contributed by atoms with Gasteiger partial charge in [-0.1, -0.05) is 31.4 Å². The summed E-state index contributed by atoms with van der Waals surface area (Å²) < 4.78 is 0. The molecule has 1 aliphatic heterocycles. The Morgan fingerprint density at radius 2 is 1.54 bits per heavy atom. The Balaban J connectivity index is 0.00000144. The van der Waals surface area contributed by atoms with Gasteiger partial charge in [0.25, 0.3) is 0 Å². The fourth-order valence-corrected chi connectivity index (χ4v) is 4.13. The summed E-state index contributed by atoms with van der Waals surface area (Å²) in [7, 11) is 0. The number of nitrogens with zero attached hydrogens (tertiary/aromatic N) is 2. The predicted octanol–water partition coefficient (Wildman–Crippen LogP) is 5.50. The second-order valence-electron chi connectivity index (χ2n) is 7.05. The Kier molecular flexibility index (Phi) is 10.1. The first-order valence-electron chi connectivity index (χ1n) is 9.44. The van der Waals surface area contributed by atoms with Crippen molar-refractivity contribution in [3.8, 4) is 0 Å². The van der Waals surface area contributed by atoms with Crippen molar-refractivity contribution in [1.29, 1.82) is 0 Å². The highest BCUT2D eigenvalue weighted by atomic mass is 35.5. The molecule has 1 aliphatic carbocycles. The summed E-state index contributed by atoms with van der Waals surface area (Å²) in [6.07, 6.45) is 9.84. The zero-order chi connectivity index (χ0) is 15.2. The van der Waals surface area contributed by atoms with E-state index in [9.17, 15) is 0 Å². The standard InChI is InChI=1S/C20H32N2.2ClH/c1-2-22(17-16-21-14-6-3-7-15-21)20-12-10-19(11-13-20)18-8-4-5-9-18;;/h10-13,18H,2-9,14-17H2,1H3;2*1H. The number of likely N-dealkylation sites (tertiary alicyclic amines) is 1. The normalized spacial score (nSPS) is 18.7. The molecule has 1 aromatic rings. The molecule has 0 unspecified atom stereocenters. The molecule has 0 N–H and O–H groups in total. The molecule has 138 valence electrons. The number of rotatable bonds is 6. The molecule has 2 aliphatic rings. The Hall–Kier alpha value is -0.440. The highest BCUT2D eigenvalue weighted by Crippen LogP contribution is 2.34. The second kappa shape index (κ2) is 11.2. The second-order valence-corrected chi connectivity index (χ2v) is 7.05. The van der Waals surface area contributed by atoms with E-state index in [4.69, 9.17) is 0 Å². The molecule has 0 bridgehead atoms. The first-order valence-corrected chi connectivity index (χ1v) is 9.44. The minimum absolute atomic E-state index is 0. The van der Waals surface area contributed by atoms with Crippen LogP contribution in [0.2, 0.25) is 0 Å². The SMILES string of the molecule is CCN(CCN1CCCCC1)c1ccc(C2CCCC2)cc1.Cl.Cl. The van der Waals surface area contributed by atoms with E-state index in [1.807, 2.05) is 0 Å². The average molecular weight is 373 g/mol. The monoisotopic (exact) mass is 372 g/mol. The van der Waals surface area contributed by atoms with Gasteiger partial charge in [-0.05, 0) is 69.3 Å². The lowest BCUT2D eigenvalue weighted by Gasteiger charge is -2.30. The van der Waals surface area contributed by atoms with Gasteiger partial charge in [0.1, 0.15) is 0 Å². The molecule has 0 radical (unpaired) electrons. The fraction of sp³-hybridized carbons (Fsp3) is 0.700. The maximum atomic E-state index is 2.64. The maximum Gasteiger partial charge on any atom is 0.0366 e. The van der Waals surface area contributed by atoms with E-state index in [0.717, 1.165) is 12.5 Å². The molecule has 4 heteroatoms. The summed E-state index contributed by atoms with van der Waals surface area (Å²) >= 11 is 0. The van der Waals surface area contributed by atoms with E-state index in [-0.39, 0.29) is 24.8 Å². The van der Waals surface area contributed by atoms with Crippen LogP contribution in [0.4, 0.5) is 5.69 Å². The summed E-state index contributed by atoms with van der Waals surface area (Å²) in [5, 5.41) is 0. The van der Waals surface area contributed by atoms with Gasteiger partial charge < -0.3 is 9.80 Å². The summed E-state index contributed by atoms with van der Waals surface area (Å²) in [4.78, 5) is 5.17. The molecule has 1 saturated heterocycles. The van der Waals surface area contributed by atoms with E-state index in [1.165, 1.54) is 76.8 Å². The van der Waals surface area contributed by atoms with Crippen LogP contribution in [-0.4, -0.2) is 37.6 Å². The molecule has 2 nitrogen and oxygen atoms in total. The molecular formula is C20H34Cl2N2. The summed E-state index contributed by atoms with van der Waals surface area (Å²) in [6.45, 7) is 8.38. The third-order valence-electron chi connectivity index (χ3n) is 5.60. The number of hydrogen-bond donors (Lipinski definition) is 0. The van der Waals surface area contributed by atoms with Crippen LogP contribution in [0.25, 0.3) is 0 Å². The van der Waals surface area contributed by atoms with Gasteiger partial charge in [0.05, 0.1) is 0 Å². The summed E-state index contributed by atoms with van der Waals surface area (Å²) in [6, 6.07) is 9.48. The molecule has 1 saturated carbocycles. The Morgan fingerprint density at radius 3 is 2.12 bits per heavy atom. The van der Waals surface area contributed by atoms with Crippen LogP contribution < -0.4 is 4.90 Å². The van der Waals surface area contributed by atoms with Gasteiger partial charge in [-0.3, -0.25) is 0 Å². The number of anilines is 1. The smallest absolute Gasteiger partial charge is 0.0366 e. The molecule has 0 spiro atoms. The Morgan fingerprint density at radius 1 is 0.917 bits per heavy atom. The fourth-order valence-electron chi connectivity index (χ4n) is 4.13. The topological polar surface area (TPSA) is 6.48 Å². The third-order valence-corrected chi connectivity index (χ3v) is 5.60. The number of likely N-dealkylation sites (N-methyl/N-ethyl adjacent to an activating group) is 1. The highest BCUT2D eigenvalue weighted by Gasteiger charge is 2.17. The minimum Gasteiger partial charge on any atom is -0.371 e. The molecule has 0 atom stereocenters. The quantitative estimate of drug-likeness (QED) is 0.650. The van der Waals surface area contributed by atoms with Gasteiger partial charge in [-0.15, -0.1) is 24.8 Å². The molecule has 1 aromatic carbocycles. The molecule has 2 fully saturated rings. The van der Waals surface area contributed by atoms with Crippen molar-refractivity contribution in [2.45, 2.75) is 57.8 Å². The van der Waals surface area contributed by atoms with Crippen LogP contribution in [0.3, 0.4) is 0 Å². The predicted molar refractivity (Wildman–Crippen MR) is 110 cm³/mol. The van der Waals surface area contributed by atoms with Crippen molar-refractivity contribution in [3.63, 3.8) is 0 Å². The molecule has 0 amide bonds. The summed E-state index contributed by atoms with van der Waals surface area (Å²) in [5.74, 6) is 0.831. The zero-order valence-corrected chi connectivity index (χ0v) is 16.7. The molecule has 24 heavy (non-hydrogen) atoms. The maximum absolute atomic E-state index is 2.64. The molecular weight excluding hydrogens is 339 g/mol. The van der Waals surface area contributed by atoms with Gasteiger partial charge in [0.15, 0.2) is 0 Å². The van der Waals surface area contributed by atoms with Crippen LogP contribution >= 0.6 is 24.8 Å². The van der Waals surface area contributed by atoms with Crippen molar-refractivity contribution >= 4 is 30.5 Å². The lowest BCUT2D eigenvalue weighted by Crippen LogP contribution is -2.37. The van der Waals surface area contributed by atoms with Crippen LogP contribution in [0, 0.1) is 0 Å². The van der Waals surface area contributed by atoms with Gasteiger partial charge in [-0.2, -0.15) is 0 Å². The number of halogens is 2. The average Bonchev–Trinajstić information content (AvgIpc) is 3.11. The van der Waals surface area contributed by atoms with Crippen molar-refractivity contribution in [1.82, 2.24) is 4.90 Å². The van der Waals surface area contributed by atoms with Crippen molar-refractivity contribution < 1.29 is 0 Å². The van der Waals surface area contributed by atoms with Crippen molar-refractivity contribution in [2.24, 2.45) is 0 Å². The van der Waals surface area contributed by atoms with E-state index < -0.39 is 0 Å². The van der Waals surface area contributed by atoms with Gasteiger partial charge in [0.2, 0.25) is 0 Å². The minimum atomic E-state index is 0. The third kappa shape index (κ3) is 5.82. The van der Waals surface area contributed by atoms with Gasteiger partial charge in [0, 0.05) is 25.3 Å². The molecule has 1 heterocycles. The largest absolute Gasteiger partial charge is 0.371 e. The van der Waals surface area contributed by atoms with Crippen LogP contribution in [0.15, 0.2) is 24.3 Å². The molecule has 3 rings (SSSR count). The van der Waals surface area contributed by atoms with E-state index in [0.29, 0.717) is 0 Å².